The van der Waals surface area contributed by atoms with Gasteiger partial charge in [0.2, 0.25) is 0 Å². The van der Waals surface area contributed by atoms with E-state index in [4.69, 9.17) is 15.2 Å². The van der Waals surface area contributed by atoms with Gasteiger partial charge in [0.25, 0.3) is 5.91 Å². The van der Waals surface area contributed by atoms with Crippen molar-refractivity contribution in [2.75, 3.05) is 32.0 Å². The largest absolute Gasteiger partial charge is 0.481 e. The number of nitrogens with zero attached hydrogens (tertiary/aromatic N) is 1. The Bertz CT molecular complexity index is 496. The molecule has 1 saturated heterocycles. The summed E-state index contributed by atoms with van der Waals surface area (Å²) in [5.41, 5.74) is 8.49. The molecule has 0 aromatic heterocycles. The highest BCUT2D eigenvalue weighted by Gasteiger charge is 2.24. The second-order valence-electron chi connectivity index (χ2n) is 5.17. The minimum atomic E-state index is -0.505. The highest BCUT2D eigenvalue weighted by molar-refractivity contribution is 5.81. The minimum absolute atomic E-state index is 0.00202. The highest BCUT2D eigenvalue weighted by Crippen LogP contribution is 2.25. The lowest BCUT2D eigenvalue weighted by molar-refractivity contribution is -0.142. The Hall–Kier alpha value is -1.75. The quantitative estimate of drug-likeness (QED) is 0.851. The van der Waals surface area contributed by atoms with Gasteiger partial charge in [-0.2, -0.15) is 0 Å². The van der Waals surface area contributed by atoms with E-state index in [9.17, 15) is 4.79 Å². The normalized spacial score (nSPS) is 16.9. The minimum Gasteiger partial charge on any atom is -0.481 e. The monoisotopic (exact) mass is 278 g/mol. The van der Waals surface area contributed by atoms with E-state index in [0.717, 1.165) is 16.8 Å². The van der Waals surface area contributed by atoms with Gasteiger partial charge in [0.1, 0.15) is 5.75 Å². The van der Waals surface area contributed by atoms with Gasteiger partial charge in [-0.25, -0.2) is 0 Å². The van der Waals surface area contributed by atoms with Crippen molar-refractivity contribution in [2.24, 2.45) is 0 Å². The number of amides is 1. The van der Waals surface area contributed by atoms with Crippen LogP contribution < -0.4 is 10.5 Å². The molecule has 5 nitrogen and oxygen atoms in total. The molecule has 1 amide bonds. The van der Waals surface area contributed by atoms with E-state index in [1.54, 1.807) is 11.8 Å². The molecule has 1 fully saturated rings. The van der Waals surface area contributed by atoms with E-state index in [2.05, 4.69) is 0 Å². The topological polar surface area (TPSA) is 64.8 Å². The molecular weight excluding hydrogens is 256 g/mol. The highest BCUT2D eigenvalue weighted by atomic mass is 16.5. The lowest BCUT2D eigenvalue weighted by Gasteiger charge is -2.29. The summed E-state index contributed by atoms with van der Waals surface area (Å²) in [5.74, 6) is 0.716. The van der Waals surface area contributed by atoms with Crippen LogP contribution in [0.3, 0.4) is 0 Å². The maximum Gasteiger partial charge on any atom is 0.263 e. The zero-order valence-corrected chi connectivity index (χ0v) is 12.3. The lowest BCUT2D eigenvalue weighted by Crippen LogP contribution is -2.46. The second kappa shape index (κ2) is 6.13. The molecule has 0 saturated carbocycles. The van der Waals surface area contributed by atoms with Crippen LogP contribution in [-0.4, -0.2) is 43.2 Å². The molecule has 110 valence electrons. The number of carbonyl (C=O) groups is 1. The predicted octanol–water partition coefficient (Wildman–Crippen LogP) is 1.51. The number of benzene rings is 1. The first-order chi connectivity index (χ1) is 9.49. The van der Waals surface area contributed by atoms with E-state index in [1.165, 1.54) is 0 Å². The number of carbonyl (C=O) groups excluding carboxylic acids is 1. The van der Waals surface area contributed by atoms with Crippen molar-refractivity contribution >= 4 is 11.6 Å². The Morgan fingerprint density at radius 2 is 1.95 bits per heavy atom. The number of ether oxygens (including phenoxy) is 2. The van der Waals surface area contributed by atoms with Gasteiger partial charge in [0, 0.05) is 18.8 Å². The molecule has 1 unspecified atom stereocenters. The molecule has 5 heteroatoms. The van der Waals surface area contributed by atoms with Gasteiger partial charge in [0.05, 0.1) is 13.2 Å². The van der Waals surface area contributed by atoms with Crippen LogP contribution in [0.2, 0.25) is 0 Å². The van der Waals surface area contributed by atoms with E-state index in [1.807, 2.05) is 26.0 Å². The fraction of sp³-hybridized carbons (Fsp3) is 0.533. The van der Waals surface area contributed by atoms with E-state index < -0.39 is 6.10 Å². The molecule has 0 radical (unpaired) electrons. The Balaban J connectivity index is 2.05. The molecule has 0 bridgehead atoms. The van der Waals surface area contributed by atoms with Gasteiger partial charge in [-0.15, -0.1) is 0 Å². The van der Waals surface area contributed by atoms with Crippen LogP contribution in [0, 0.1) is 13.8 Å². The number of hydrogen-bond donors (Lipinski definition) is 1. The Morgan fingerprint density at radius 3 is 2.60 bits per heavy atom. The standard InChI is InChI=1S/C15H22N2O3/c1-10-9-14(11(2)8-13(10)16)20-12(3)15(18)17-4-6-19-7-5-17/h8-9,12H,4-7,16H2,1-3H3. The first kappa shape index (κ1) is 14.7. The molecule has 0 spiro atoms. The summed E-state index contributed by atoms with van der Waals surface area (Å²) in [6.45, 7) is 8.09. The number of morpholine rings is 1. The summed E-state index contributed by atoms with van der Waals surface area (Å²) in [7, 11) is 0. The zero-order valence-electron chi connectivity index (χ0n) is 12.3. The molecule has 2 rings (SSSR count). The third kappa shape index (κ3) is 3.22. The second-order valence-corrected chi connectivity index (χ2v) is 5.17. The molecular formula is C15H22N2O3. The fourth-order valence-electron chi connectivity index (χ4n) is 2.22. The number of nitrogens with two attached hydrogens (primary N) is 1. The molecule has 0 aliphatic carbocycles. The van der Waals surface area contributed by atoms with Crippen molar-refractivity contribution in [3.8, 4) is 5.75 Å². The maximum absolute atomic E-state index is 12.3. The van der Waals surface area contributed by atoms with Crippen molar-refractivity contribution in [3.05, 3.63) is 23.3 Å². The number of anilines is 1. The predicted molar refractivity (Wildman–Crippen MR) is 77.8 cm³/mol. The van der Waals surface area contributed by atoms with Crippen LogP contribution in [-0.2, 0) is 9.53 Å². The SMILES string of the molecule is Cc1cc(OC(C)C(=O)N2CCOCC2)c(C)cc1N. The van der Waals surface area contributed by atoms with E-state index >= 15 is 0 Å². The van der Waals surface area contributed by atoms with Crippen LogP contribution >= 0.6 is 0 Å². The zero-order chi connectivity index (χ0) is 14.7. The van der Waals surface area contributed by atoms with E-state index in [0.29, 0.717) is 32.1 Å². The van der Waals surface area contributed by atoms with Crippen molar-refractivity contribution in [1.82, 2.24) is 4.90 Å². The number of rotatable bonds is 3. The van der Waals surface area contributed by atoms with Gasteiger partial charge in [0.15, 0.2) is 6.10 Å². The average molecular weight is 278 g/mol. The van der Waals surface area contributed by atoms with Gasteiger partial charge >= 0.3 is 0 Å². The fourth-order valence-corrected chi connectivity index (χ4v) is 2.22. The molecule has 1 atom stereocenters. The van der Waals surface area contributed by atoms with Crippen molar-refractivity contribution in [2.45, 2.75) is 26.9 Å². The smallest absolute Gasteiger partial charge is 0.263 e. The average Bonchev–Trinajstić information content (AvgIpc) is 2.44. The van der Waals surface area contributed by atoms with Gasteiger partial charge < -0.3 is 20.1 Å². The first-order valence-electron chi connectivity index (χ1n) is 6.89. The molecule has 1 aromatic rings. The summed E-state index contributed by atoms with van der Waals surface area (Å²) in [6.07, 6.45) is -0.505. The molecule has 20 heavy (non-hydrogen) atoms. The number of hydrogen-bond acceptors (Lipinski definition) is 4. The third-order valence-electron chi connectivity index (χ3n) is 3.54. The van der Waals surface area contributed by atoms with Crippen molar-refractivity contribution in [1.29, 1.82) is 0 Å². The Kier molecular flexibility index (Phi) is 4.49. The van der Waals surface area contributed by atoms with Crippen LogP contribution in [0.25, 0.3) is 0 Å². The van der Waals surface area contributed by atoms with Crippen molar-refractivity contribution < 1.29 is 14.3 Å². The maximum atomic E-state index is 12.3. The Morgan fingerprint density at radius 1 is 1.30 bits per heavy atom. The van der Waals surface area contributed by atoms with Gasteiger partial charge in [-0.3, -0.25) is 4.79 Å². The van der Waals surface area contributed by atoms with E-state index in [-0.39, 0.29) is 5.91 Å². The Labute approximate surface area is 119 Å². The third-order valence-corrected chi connectivity index (χ3v) is 3.54. The van der Waals surface area contributed by atoms with Crippen LogP contribution in [0.15, 0.2) is 12.1 Å². The molecule has 1 aliphatic rings. The van der Waals surface area contributed by atoms with Gasteiger partial charge in [-0.05, 0) is 44.0 Å². The van der Waals surface area contributed by atoms with Gasteiger partial charge in [-0.1, -0.05) is 0 Å². The molecule has 1 heterocycles. The van der Waals surface area contributed by atoms with Crippen LogP contribution in [0.5, 0.6) is 5.75 Å². The molecule has 1 aliphatic heterocycles. The summed E-state index contributed by atoms with van der Waals surface area (Å²) in [4.78, 5) is 14.1. The lowest BCUT2D eigenvalue weighted by atomic mass is 10.1. The molecule has 2 N–H and O–H groups in total. The number of aryl methyl sites for hydroxylation is 2. The number of nitrogen functional groups attached to an aromatic ring is 1. The molecule has 1 aromatic carbocycles. The van der Waals surface area contributed by atoms with Crippen LogP contribution in [0.1, 0.15) is 18.1 Å². The summed E-state index contributed by atoms with van der Waals surface area (Å²) < 4.78 is 11.1. The summed E-state index contributed by atoms with van der Waals surface area (Å²) in [6, 6.07) is 3.75. The van der Waals surface area contributed by atoms with Crippen molar-refractivity contribution in [3.63, 3.8) is 0 Å². The summed E-state index contributed by atoms with van der Waals surface area (Å²) in [5, 5.41) is 0. The first-order valence-corrected chi connectivity index (χ1v) is 6.89. The summed E-state index contributed by atoms with van der Waals surface area (Å²) >= 11 is 0. The van der Waals surface area contributed by atoms with Crippen LogP contribution in [0.4, 0.5) is 5.69 Å².